The Morgan fingerprint density at radius 3 is 2.18 bits per heavy atom. The molecule has 0 heterocycles. The molecule has 0 atom stereocenters. The molecule has 12 nitrogen and oxygen atoms in total. The van der Waals surface area contributed by atoms with Crippen LogP contribution in [0.1, 0.15) is 35.3 Å². The van der Waals surface area contributed by atoms with E-state index in [4.69, 9.17) is 21.0 Å². The summed E-state index contributed by atoms with van der Waals surface area (Å²) in [5.41, 5.74) is 6.52. The molecule has 0 saturated carbocycles. The number of nitrogens with zero attached hydrogens (tertiary/aromatic N) is 1. The highest BCUT2D eigenvalue weighted by atomic mass is 16.6. The van der Waals surface area contributed by atoms with Gasteiger partial charge in [-0.3, -0.25) is 5.41 Å². The van der Waals surface area contributed by atoms with Crippen LogP contribution in [0.25, 0.3) is 6.08 Å². The summed E-state index contributed by atoms with van der Waals surface area (Å²) in [7, 11) is 0. The van der Waals surface area contributed by atoms with Crippen LogP contribution in [0.15, 0.2) is 54.1 Å². The molecule has 0 aromatic heterocycles. The van der Waals surface area contributed by atoms with E-state index in [2.05, 4.69) is 15.4 Å². The van der Waals surface area contributed by atoms with E-state index in [1.54, 1.807) is 6.92 Å². The quantitative estimate of drug-likeness (QED) is 0.0715. The topological polar surface area (TPSA) is 186 Å². The maximum absolute atomic E-state index is 12.4. The number of ether oxygens (including phenoxy) is 3. The smallest absolute Gasteiger partial charge is 0.428 e. The minimum atomic E-state index is -1.74. The molecule has 38 heavy (non-hydrogen) atoms. The maximum atomic E-state index is 12.4. The molecule has 0 bridgehead atoms. The van der Waals surface area contributed by atoms with Crippen LogP contribution < -0.4 is 10.5 Å². The number of esters is 3. The fourth-order valence-corrected chi connectivity index (χ4v) is 2.68. The van der Waals surface area contributed by atoms with E-state index in [1.165, 1.54) is 61.5 Å². The standard InChI is InChI=1S/C26H23N3O9/c1-3-36-21(30)5-4-14-29(25(33)34)26(35)38-23(31)16(2)15-17-6-8-19(9-7-17)24(32)37-20-12-10-18(11-13-20)22(27)28/h6-13,15H,3,14H2,1-2H3,(H3,27,28)(H,33,34). The van der Waals surface area contributed by atoms with Crippen molar-refractivity contribution in [3.63, 3.8) is 0 Å². The van der Waals surface area contributed by atoms with Crippen LogP contribution in [-0.2, 0) is 19.1 Å². The number of carbonyl (C=O) groups excluding carboxylic acids is 4. The largest absolute Gasteiger partial charge is 0.464 e. The van der Waals surface area contributed by atoms with E-state index >= 15 is 0 Å². The highest BCUT2D eigenvalue weighted by molar-refractivity contribution is 6.01. The second-order valence-electron chi connectivity index (χ2n) is 7.32. The second-order valence-corrected chi connectivity index (χ2v) is 7.32. The zero-order chi connectivity index (χ0) is 28.2. The first-order valence-electron chi connectivity index (χ1n) is 10.9. The fraction of sp³-hybridized carbons (Fsp3) is 0.154. The average Bonchev–Trinajstić information content (AvgIpc) is 2.87. The Labute approximate surface area is 217 Å². The van der Waals surface area contributed by atoms with Gasteiger partial charge in [0.1, 0.15) is 11.6 Å². The van der Waals surface area contributed by atoms with Gasteiger partial charge >= 0.3 is 30.1 Å². The molecule has 0 aliphatic heterocycles. The number of nitrogens with two attached hydrogens (primary N) is 1. The highest BCUT2D eigenvalue weighted by Gasteiger charge is 2.24. The number of imide groups is 1. The number of hydrogen-bond donors (Lipinski definition) is 3. The van der Waals surface area contributed by atoms with Crippen LogP contribution >= 0.6 is 0 Å². The number of nitrogen functional groups attached to an aromatic ring is 1. The minimum absolute atomic E-state index is 0.0396. The number of amides is 2. The third-order valence-corrected chi connectivity index (χ3v) is 4.56. The van der Waals surface area contributed by atoms with Crippen molar-refractivity contribution in [1.82, 2.24) is 4.90 Å². The Balaban J connectivity index is 2.00. The van der Waals surface area contributed by atoms with Crippen molar-refractivity contribution in [2.45, 2.75) is 13.8 Å². The molecule has 0 saturated heterocycles. The zero-order valence-electron chi connectivity index (χ0n) is 20.3. The Hall–Kier alpha value is -5.44. The lowest BCUT2D eigenvalue weighted by Gasteiger charge is -2.13. The Morgan fingerprint density at radius 2 is 1.63 bits per heavy atom. The van der Waals surface area contributed by atoms with Crippen LogP contribution in [0.2, 0.25) is 0 Å². The average molecular weight is 521 g/mol. The van der Waals surface area contributed by atoms with Crippen molar-refractivity contribution >= 4 is 42.0 Å². The van der Waals surface area contributed by atoms with Crippen LogP contribution in [0, 0.1) is 17.3 Å². The van der Waals surface area contributed by atoms with Crippen LogP contribution in [0.3, 0.4) is 0 Å². The summed E-state index contributed by atoms with van der Waals surface area (Å²) >= 11 is 0. The molecule has 2 aromatic rings. The maximum Gasteiger partial charge on any atom is 0.428 e. The van der Waals surface area contributed by atoms with Gasteiger partial charge in [-0.05, 0) is 61.9 Å². The summed E-state index contributed by atoms with van der Waals surface area (Å²) < 4.78 is 14.4. The predicted molar refractivity (Wildman–Crippen MR) is 133 cm³/mol. The van der Waals surface area contributed by atoms with Crippen molar-refractivity contribution in [1.29, 1.82) is 5.41 Å². The molecule has 0 aliphatic rings. The monoisotopic (exact) mass is 521 g/mol. The zero-order valence-corrected chi connectivity index (χ0v) is 20.3. The Kier molecular flexibility index (Phi) is 10.3. The number of carboxylic acid groups (broad SMARTS) is 1. The van der Waals surface area contributed by atoms with Crippen LogP contribution in [-0.4, -0.2) is 59.1 Å². The van der Waals surface area contributed by atoms with Crippen LogP contribution in [0.5, 0.6) is 5.75 Å². The van der Waals surface area contributed by atoms with Gasteiger partial charge in [0.05, 0.1) is 18.7 Å². The summed E-state index contributed by atoms with van der Waals surface area (Å²) in [6.07, 6.45) is -1.88. The molecular weight excluding hydrogens is 498 g/mol. The van der Waals surface area contributed by atoms with Gasteiger partial charge in [0.2, 0.25) is 0 Å². The number of nitrogens with one attached hydrogen (secondary N) is 1. The summed E-state index contributed by atoms with van der Waals surface area (Å²) in [6.45, 7) is 2.25. The van der Waals surface area contributed by atoms with Gasteiger partial charge in [-0.25, -0.2) is 28.9 Å². The van der Waals surface area contributed by atoms with Gasteiger partial charge in [0.15, 0.2) is 0 Å². The predicted octanol–water partition coefficient (Wildman–Crippen LogP) is 2.80. The molecule has 0 spiro atoms. The van der Waals surface area contributed by atoms with E-state index < -0.39 is 36.6 Å². The van der Waals surface area contributed by atoms with Gasteiger partial charge in [-0.2, -0.15) is 0 Å². The summed E-state index contributed by atoms with van der Waals surface area (Å²) in [5.74, 6) is 1.64. The van der Waals surface area contributed by atoms with Crippen molar-refractivity contribution in [2.75, 3.05) is 13.2 Å². The first-order valence-corrected chi connectivity index (χ1v) is 10.9. The molecule has 0 fully saturated rings. The van der Waals surface area contributed by atoms with E-state index in [-0.39, 0.29) is 34.2 Å². The van der Waals surface area contributed by atoms with Crippen molar-refractivity contribution in [2.24, 2.45) is 5.73 Å². The van der Waals surface area contributed by atoms with Crippen LogP contribution in [0.4, 0.5) is 9.59 Å². The molecule has 12 heteroatoms. The lowest BCUT2D eigenvalue weighted by molar-refractivity contribution is -0.136. The van der Waals surface area contributed by atoms with E-state index in [9.17, 15) is 24.0 Å². The lowest BCUT2D eigenvalue weighted by atomic mass is 10.1. The number of rotatable bonds is 7. The molecule has 2 rings (SSSR count). The number of hydrogen-bond acceptors (Lipinski definition) is 9. The summed E-state index contributed by atoms with van der Waals surface area (Å²) in [6, 6.07) is 12.0. The molecule has 0 unspecified atom stereocenters. The molecule has 2 amide bonds. The highest BCUT2D eigenvalue weighted by Crippen LogP contribution is 2.16. The Morgan fingerprint density at radius 1 is 1.03 bits per heavy atom. The lowest BCUT2D eigenvalue weighted by Crippen LogP contribution is -2.37. The van der Waals surface area contributed by atoms with Crippen molar-refractivity contribution in [3.05, 3.63) is 70.8 Å². The fourth-order valence-electron chi connectivity index (χ4n) is 2.68. The van der Waals surface area contributed by atoms with E-state index in [0.717, 1.165) is 0 Å². The normalized spacial score (nSPS) is 10.3. The first-order chi connectivity index (χ1) is 18.0. The SMILES string of the molecule is CCOC(=O)C#CCN(C(=O)O)C(=O)OC(=O)C(C)=Cc1ccc(C(=O)Oc2ccc(C(=N)N)cc2)cc1. The molecule has 2 aromatic carbocycles. The minimum Gasteiger partial charge on any atom is -0.464 e. The van der Waals surface area contributed by atoms with Gasteiger partial charge in [0, 0.05) is 17.1 Å². The molecule has 4 N–H and O–H groups in total. The van der Waals surface area contributed by atoms with Gasteiger partial charge < -0.3 is 25.1 Å². The molecule has 196 valence electrons. The van der Waals surface area contributed by atoms with Crippen molar-refractivity contribution in [3.8, 4) is 17.6 Å². The van der Waals surface area contributed by atoms with Crippen molar-refractivity contribution < 1.29 is 43.3 Å². The molecule has 0 aliphatic carbocycles. The summed E-state index contributed by atoms with van der Waals surface area (Å²) in [4.78, 5) is 59.3. The Bertz CT molecular complexity index is 1330. The molecule has 0 radical (unpaired) electrons. The number of amidine groups is 1. The van der Waals surface area contributed by atoms with Gasteiger partial charge in [0.25, 0.3) is 0 Å². The third-order valence-electron chi connectivity index (χ3n) is 4.56. The first kappa shape index (κ1) is 28.8. The van der Waals surface area contributed by atoms with Gasteiger partial charge in [-0.15, -0.1) is 0 Å². The number of benzene rings is 2. The number of carbonyl (C=O) groups is 5. The molecular formula is C26H23N3O9. The third kappa shape index (κ3) is 8.65. The van der Waals surface area contributed by atoms with Gasteiger partial charge in [-0.1, -0.05) is 18.1 Å². The van der Waals surface area contributed by atoms with E-state index in [1.807, 2.05) is 5.92 Å². The second kappa shape index (κ2) is 13.6. The summed E-state index contributed by atoms with van der Waals surface area (Å²) in [5, 5.41) is 16.5. The van der Waals surface area contributed by atoms with E-state index in [0.29, 0.717) is 11.1 Å².